The molecule has 1 atom stereocenters. The molecule has 3 aromatic heterocycles. The number of carbonyl (C=O) groups excluding carboxylic acids is 2. The van der Waals surface area contributed by atoms with E-state index in [-0.39, 0.29) is 55.5 Å². The highest BCUT2D eigenvalue weighted by molar-refractivity contribution is 5.95. The van der Waals surface area contributed by atoms with Gasteiger partial charge in [-0.25, -0.2) is 18.7 Å². The summed E-state index contributed by atoms with van der Waals surface area (Å²) in [6.07, 6.45) is 8.69. The van der Waals surface area contributed by atoms with Crippen LogP contribution in [0.4, 0.5) is 8.78 Å². The second-order valence-electron chi connectivity index (χ2n) is 10.1. The summed E-state index contributed by atoms with van der Waals surface area (Å²) in [7, 11) is 0. The van der Waals surface area contributed by atoms with Crippen molar-refractivity contribution in [1.82, 2.24) is 30.2 Å². The Morgan fingerprint density at radius 1 is 1.20 bits per heavy atom. The number of alkyl halides is 2. The SMILES string of the molecule is O=C(CC1CC(F)(F)C1)NC(c1ccn2cc(CNC(=O)c3conc3C3CC3)nc2n1)C1CC1. The van der Waals surface area contributed by atoms with Crippen molar-refractivity contribution in [3.63, 3.8) is 0 Å². The minimum atomic E-state index is -2.62. The molecule has 9 nitrogen and oxygen atoms in total. The Morgan fingerprint density at radius 2 is 2.00 bits per heavy atom. The summed E-state index contributed by atoms with van der Waals surface area (Å²) in [4.78, 5) is 34.2. The molecular weight excluding hydrogens is 458 g/mol. The van der Waals surface area contributed by atoms with Crippen molar-refractivity contribution in [3.8, 4) is 0 Å². The molecule has 35 heavy (non-hydrogen) atoms. The zero-order valence-electron chi connectivity index (χ0n) is 19.0. The van der Waals surface area contributed by atoms with Gasteiger partial charge in [-0.3, -0.25) is 14.0 Å². The summed E-state index contributed by atoms with van der Waals surface area (Å²) in [5.41, 5.74) is 2.52. The Morgan fingerprint density at radius 3 is 2.71 bits per heavy atom. The normalized spacial score (nSPS) is 20.4. The van der Waals surface area contributed by atoms with E-state index in [2.05, 4.69) is 25.8 Å². The molecule has 2 N–H and O–H groups in total. The maximum Gasteiger partial charge on any atom is 0.256 e. The molecule has 6 rings (SSSR count). The van der Waals surface area contributed by atoms with E-state index in [1.165, 1.54) is 6.26 Å². The number of nitrogens with zero attached hydrogens (tertiary/aromatic N) is 4. The molecule has 0 aromatic carbocycles. The lowest BCUT2D eigenvalue weighted by atomic mass is 9.79. The first kappa shape index (κ1) is 22.1. The third-order valence-corrected chi connectivity index (χ3v) is 7.01. The fourth-order valence-electron chi connectivity index (χ4n) is 4.81. The van der Waals surface area contributed by atoms with E-state index in [4.69, 9.17) is 4.52 Å². The van der Waals surface area contributed by atoms with Gasteiger partial charge in [-0.15, -0.1) is 0 Å². The van der Waals surface area contributed by atoms with Crippen molar-refractivity contribution < 1.29 is 22.9 Å². The first-order valence-electron chi connectivity index (χ1n) is 12.1. The summed E-state index contributed by atoms with van der Waals surface area (Å²) < 4.78 is 33.0. The Balaban J connectivity index is 1.11. The number of carbonyl (C=O) groups is 2. The first-order valence-corrected chi connectivity index (χ1v) is 12.1. The number of fused-ring (bicyclic) bond motifs is 1. The number of imidazole rings is 1. The molecule has 0 spiro atoms. The Labute approximate surface area is 199 Å². The van der Waals surface area contributed by atoms with E-state index in [1.807, 2.05) is 12.3 Å². The number of aromatic nitrogens is 4. The van der Waals surface area contributed by atoms with Crippen LogP contribution in [-0.4, -0.2) is 37.3 Å². The van der Waals surface area contributed by atoms with Gasteiger partial charge < -0.3 is 15.2 Å². The lowest BCUT2D eigenvalue weighted by Gasteiger charge is -2.34. The fraction of sp³-hybridized carbons (Fsp3) is 0.542. The Hall–Kier alpha value is -3.37. The average molecular weight is 485 g/mol. The molecule has 0 saturated heterocycles. The largest absolute Gasteiger partial charge is 0.364 e. The van der Waals surface area contributed by atoms with Gasteiger partial charge in [-0.2, -0.15) is 0 Å². The van der Waals surface area contributed by atoms with Crippen LogP contribution in [0.25, 0.3) is 5.78 Å². The lowest BCUT2D eigenvalue weighted by Crippen LogP contribution is -2.39. The molecule has 3 heterocycles. The van der Waals surface area contributed by atoms with Gasteiger partial charge in [0, 0.05) is 37.6 Å². The Kier molecular flexibility index (Phi) is 5.30. The van der Waals surface area contributed by atoms with Crippen LogP contribution in [0.5, 0.6) is 0 Å². The summed E-state index contributed by atoms with van der Waals surface area (Å²) >= 11 is 0. The van der Waals surface area contributed by atoms with Crippen molar-refractivity contribution in [2.24, 2.45) is 11.8 Å². The van der Waals surface area contributed by atoms with Crippen LogP contribution in [0.15, 0.2) is 29.2 Å². The van der Waals surface area contributed by atoms with Crippen molar-refractivity contribution in [3.05, 3.63) is 47.4 Å². The van der Waals surface area contributed by atoms with E-state index < -0.39 is 5.92 Å². The summed E-state index contributed by atoms with van der Waals surface area (Å²) in [5.74, 6) is -2.29. The quantitative estimate of drug-likeness (QED) is 0.480. The molecule has 2 amide bonds. The molecule has 3 aliphatic carbocycles. The van der Waals surface area contributed by atoms with Gasteiger partial charge in [-0.1, -0.05) is 5.16 Å². The van der Waals surface area contributed by atoms with E-state index in [1.54, 1.807) is 10.6 Å². The van der Waals surface area contributed by atoms with Crippen molar-refractivity contribution in [2.45, 2.75) is 69.4 Å². The molecular formula is C24H26F2N6O3. The topological polar surface area (TPSA) is 114 Å². The molecule has 1 unspecified atom stereocenters. The number of hydrogen-bond donors (Lipinski definition) is 2. The highest BCUT2D eigenvalue weighted by Gasteiger charge is 2.46. The average Bonchev–Trinajstić information content (AvgIpc) is 3.73. The summed E-state index contributed by atoms with van der Waals surface area (Å²) in [6, 6.07) is 1.58. The second kappa shape index (κ2) is 8.39. The molecule has 0 aliphatic heterocycles. The molecule has 3 aromatic rings. The predicted octanol–water partition coefficient (Wildman–Crippen LogP) is 3.53. The lowest BCUT2D eigenvalue weighted by molar-refractivity contribution is -0.134. The molecule has 0 bridgehead atoms. The maximum atomic E-state index is 13.1. The van der Waals surface area contributed by atoms with Gasteiger partial charge >= 0.3 is 0 Å². The van der Waals surface area contributed by atoms with Crippen LogP contribution in [0.3, 0.4) is 0 Å². The minimum absolute atomic E-state index is 0.114. The van der Waals surface area contributed by atoms with Gasteiger partial charge in [0.2, 0.25) is 17.6 Å². The van der Waals surface area contributed by atoms with Crippen LogP contribution >= 0.6 is 0 Å². The number of rotatable bonds is 9. The summed E-state index contributed by atoms with van der Waals surface area (Å²) in [5, 5.41) is 9.83. The monoisotopic (exact) mass is 484 g/mol. The predicted molar refractivity (Wildman–Crippen MR) is 119 cm³/mol. The van der Waals surface area contributed by atoms with Crippen LogP contribution < -0.4 is 10.6 Å². The third kappa shape index (κ3) is 4.76. The highest BCUT2D eigenvalue weighted by atomic mass is 19.3. The molecule has 0 radical (unpaired) electrons. The maximum absolute atomic E-state index is 13.1. The van der Waals surface area contributed by atoms with Crippen LogP contribution in [0.1, 0.15) is 84.3 Å². The van der Waals surface area contributed by atoms with E-state index in [9.17, 15) is 18.4 Å². The van der Waals surface area contributed by atoms with Gasteiger partial charge in [0.25, 0.3) is 5.91 Å². The first-order chi connectivity index (χ1) is 16.8. The molecule has 3 fully saturated rings. The van der Waals surface area contributed by atoms with E-state index in [0.29, 0.717) is 34.3 Å². The third-order valence-electron chi connectivity index (χ3n) is 7.01. The number of halogens is 2. The fourth-order valence-corrected chi connectivity index (χ4v) is 4.81. The number of amides is 2. The molecule has 3 saturated carbocycles. The van der Waals surface area contributed by atoms with Crippen molar-refractivity contribution >= 4 is 17.6 Å². The zero-order valence-corrected chi connectivity index (χ0v) is 19.0. The van der Waals surface area contributed by atoms with Gasteiger partial charge in [0.1, 0.15) is 11.8 Å². The van der Waals surface area contributed by atoms with Crippen LogP contribution in [0.2, 0.25) is 0 Å². The summed E-state index contributed by atoms with van der Waals surface area (Å²) in [6.45, 7) is 0.224. The number of hydrogen-bond acceptors (Lipinski definition) is 6. The van der Waals surface area contributed by atoms with Crippen LogP contribution in [-0.2, 0) is 11.3 Å². The van der Waals surface area contributed by atoms with E-state index >= 15 is 0 Å². The van der Waals surface area contributed by atoms with E-state index in [0.717, 1.165) is 25.7 Å². The van der Waals surface area contributed by atoms with Gasteiger partial charge in [-0.05, 0) is 43.6 Å². The second-order valence-corrected chi connectivity index (χ2v) is 10.1. The van der Waals surface area contributed by atoms with Crippen molar-refractivity contribution in [2.75, 3.05) is 0 Å². The standard InChI is InChI=1S/C24H26F2N6O3/c25-24(26)8-13(9-24)7-19(33)30-21(15-3-4-15)18-5-6-32-11-16(28-23(32)29-18)10-27-22(34)17-12-35-31-20(17)14-1-2-14/h5-6,11-15,21H,1-4,7-10H2,(H,27,34)(H,30,33). The van der Waals surface area contributed by atoms with Gasteiger partial charge in [0.15, 0.2) is 0 Å². The molecule has 11 heteroatoms. The highest BCUT2D eigenvalue weighted by Crippen LogP contribution is 2.45. The Bertz CT molecular complexity index is 1270. The van der Waals surface area contributed by atoms with Gasteiger partial charge in [0.05, 0.1) is 29.7 Å². The zero-order chi connectivity index (χ0) is 24.2. The minimum Gasteiger partial charge on any atom is -0.364 e. The van der Waals surface area contributed by atoms with Crippen LogP contribution in [0, 0.1) is 11.8 Å². The number of nitrogens with one attached hydrogen (secondary N) is 2. The van der Waals surface area contributed by atoms with Crippen molar-refractivity contribution in [1.29, 1.82) is 0 Å². The molecule has 184 valence electrons. The molecule has 3 aliphatic rings. The smallest absolute Gasteiger partial charge is 0.256 e.